The Balaban J connectivity index is 1.90. The fourth-order valence-corrected chi connectivity index (χ4v) is 2.88. The van der Waals surface area contributed by atoms with Crippen LogP contribution in [0.25, 0.3) is 0 Å². The molecule has 112 valence electrons. The summed E-state index contributed by atoms with van der Waals surface area (Å²) >= 11 is 0. The first-order valence-corrected chi connectivity index (χ1v) is 7.11. The van der Waals surface area contributed by atoms with E-state index in [0.29, 0.717) is 30.9 Å². The van der Waals surface area contributed by atoms with Gasteiger partial charge >= 0.3 is 5.97 Å². The number of amides is 1. The molecule has 1 unspecified atom stereocenters. The van der Waals surface area contributed by atoms with Crippen LogP contribution in [0, 0.1) is 0 Å². The molecule has 2 aliphatic heterocycles. The average molecular weight is 290 g/mol. The summed E-state index contributed by atoms with van der Waals surface area (Å²) < 4.78 is 10.4. The minimum Gasteiger partial charge on any atom is -0.489 e. The van der Waals surface area contributed by atoms with Crippen molar-refractivity contribution in [2.45, 2.75) is 18.9 Å². The van der Waals surface area contributed by atoms with Crippen molar-refractivity contribution in [1.29, 1.82) is 0 Å². The van der Waals surface area contributed by atoms with Crippen molar-refractivity contribution in [1.82, 2.24) is 4.90 Å². The second-order valence-electron chi connectivity index (χ2n) is 5.14. The van der Waals surface area contributed by atoms with Gasteiger partial charge in [-0.25, -0.2) is 4.79 Å². The summed E-state index contributed by atoms with van der Waals surface area (Å²) in [5, 5.41) is 3.21. The lowest BCUT2D eigenvalue weighted by Crippen LogP contribution is -2.41. The van der Waals surface area contributed by atoms with E-state index in [0.717, 1.165) is 18.7 Å². The number of methoxy groups -OCH3 is 1. The van der Waals surface area contributed by atoms with Crippen LogP contribution < -0.4 is 10.1 Å². The number of rotatable bonds is 2. The van der Waals surface area contributed by atoms with Gasteiger partial charge in [-0.1, -0.05) is 6.07 Å². The molecule has 2 heterocycles. The number of carbonyl (C=O) groups excluding carboxylic acids is 2. The van der Waals surface area contributed by atoms with Gasteiger partial charge in [0.1, 0.15) is 12.6 Å². The molecule has 6 heteroatoms. The number of fused-ring (bicyclic) bond motifs is 1. The predicted octanol–water partition coefficient (Wildman–Crippen LogP) is 1.27. The van der Waals surface area contributed by atoms with E-state index in [1.807, 2.05) is 12.1 Å². The highest BCUT2D eigenvalue weighted by molar-refractivity contribution is 6.01. The molecule has 0 aromatic heterocycles. The smallest absolute Gasteiger partial charge is 0.328 e. The van der Waals surface area contributed by atoms with E-state index in [9.17, 15) is 9.59 Å². The topological polar surface area (TPSA) is 67.9 Å². The summed E-state index contributed by atoms with van der Waals surface area (Å²) in [7, 11) is 1.35. The van der Waals surface area contributed by atoms with E-state index in [2.05, 4.69) is 5.32 Å². The highest BCUT2D eigenvalue weighted by atomic mass is 16.5. The Bertz CT molecular complexity index is 573. The minimum atomic E-state index is -0.491. The number of nitrogens with zero attached hydrogens (tertiary/aromatic N) is 1. The van der Waals surface area contributed by atoms with E-state index in [-0.39, 0.29) is 11.9 Å². The van der Waals surface area contributed by atoms with Crippen LogP contribution in [-0.2, 0) is 9.53 Å². The van der Waals surface area contributed by atoms with Gasteiger partial charge in [-0.05, 0) is 25.0 Å². The maximum absolute atomic E-state index is 12.8. The second-order valence-corrected chi connectivity index (χ2v) is 5.14. The van der Waals surface area contributed by atoms with Gasteiger partial charge in [0.05, 0.1) is 18.4 Å². The molecule has 6 nitrogen and oxygen atoms in total. The maximum atomic E-state index is 12.8. The Morgan fingerprint density at radius 3 is 3.10 bits per heavy atom. The van der Waals surface area contributed by atoms with E-state index in [1.165, 1.54) is 7.11 Å². The summed E-state index contributed by atoms with van der Waals surface area (Å²) in [5.41, 5.74) is 1.32. The lowest BCUT2D eigenvalue weighted by molar-refractivity contribution is -0.145. The molecule has 1 atom stereocenters. The van der Waals surface area contributed by atoms with Gasteiger partial charge in [-0.15, -0.1) is 0 Å². The molecule has 0 aliphatic carbocycles. The lowest BCUT2D eigenvalue weighted by Gasteiger charge is -2.26. The van der Waals surface area contributed by atoms with Gasteiger partial charge in [0.2, 0.25) is 0 Å². The summed E-state index contributed by atoms with van der Waals surface area (Å²) in [5.74, 6) is 0.0393. The zero-order chi connectivity index (χ0) is 14.8. The molecule has 1 fully saturated rings. The van der Waals surface area contributed by atoms with Crippen molar-refractivity contribution in [3.8, 4) is 5.75 Å². The van der Waals surface area contributed by atoms with Crippen LogP contribution in [0.3, 0.4) is 0 Å². The van der Waals surface area contributed by atoms with E-state index in [1.54, 1.807) is 11.0 Å². The molecule has 0 spiro atoms. The first-order valence-electron chi connectivity index (χ1n) is 7.11. The largest absolute Gasteiger partial charge is 0.489 e. The highest BCUT2D eigenvalue weighted by Crippen LogP contribution is 2.33. The van der Waals surface area contributed by atoms with Gasteiger partial charge in [-0.2, -0.15) is 0 Å². The molecular weight excluding hydrogens is 272 g/mol. The monoisotopic (exact) mass is 290 g/mol. The average Bonchev–Trinajstić information content (AvgIpc) is 3.02. The van der Waals surface area contributed by atoms with E-state index < -0.39 is 6.04 Å². The fourth-order valence-electron chi connectivity index (χ4n) is 2.88. The molecular formula is C15H18N2O4. The number of likely N-dealkylation sites (tertiary alicyclic amines) is 1. The SMILES string of the molecule is COC(=O)C1CCCN1C(=O)c1cccc2c1OCCN2. The van der Waals surface area contributed by atoms with Crippen molar-refractivity contribution >= 4 is 17.6 Å². The van der Waals surface area contributed by atoms with Crippen molar-refractivity contribution in [2.75, 3.05) is 32.1 Å². The number of para-hydroxylation sites is 1. The summed E-state index contributed by atoms with van der Waals surface area (Å²) in [4.78, 5) is 26.1. The van der Waals surface area contributed by atoms with Gasteiger partial charge in [0.15, 0.2) is 5.75 Å². The Kier molecular flexibility index (Phi) is 3.68. The second kappa shape index (κ2) is 5.63. The minimum absolute atomic E-state index is 0.177. The van der Waals surface area contributed by atoms with Crippen LogP contribution in [0.15, 0.2) is 18.2 Å². The van der Waals surface area contributed by atoms with Gasteiger partial charge in [0, 0.05) is 13.1 Å². The fraction of sp³-hybridized carbons (Fsp3) is 0.467. The summed E-state index contributed by atoms with van der Waals surface area (Å²) in [6, 6.07) is 4.94. The van der Waals surface area contributed by atoms with Gasteiger partial charge < -0.3 is 19.7 Å². The standard InChI is InChI=1S/C15H18N2O4/c1-20-15(19)12-6-3-8-17(12)14(18)10-4-2-5-11-13(10)21-9-7-16-11/h2,4-5,12,16H,3,6-9H2,1H3. The van der Waals surface area contributed by atoms with Crippen molar-refractivity contribution < 1.29 is 19.1 Å². The molecule has 1 saturated heterocycles. The first-order chi connectivity index (χ1) is 10.2. The third kappa shape index (κ3) is 2.41. The van der Waals surface area contributed by atoms with Gasteiger partial charge in [-0.3, -0.25) is 4.79 Å². The number of ether oxygens (including phenoxy) is 2. The first kappa shape index (κ1) is 13.7. The normalized spacial score (nSPS) is 20.2. The number of hydrogen-bond donors (Lipinski definition) is 1. The summed E-state index contributed by atoms with van der Waals surface area (Å²) in [6.07, 6.45) is 1.45. The number of esters is 1. The van der Waals surface area contributed by atoms with Crippen LogP contribution in [0.2, 0.25) is 0 Å². The third-order valence-electron chi connectivity index (χ3n) is 3.90. The zero-order valence-corrected chi connectivity index (χ0v) is 11.9. The van der Waals surface area contributed by atoms with Crippen molar-refractivity contribution in [3.63, 3.8) is 0 Å². The molecule has 0 saturated carbocycles. The van der Waals surface area contributed by atoms with Crippen LogP contribution in [0.4, 0.5) is 5.69 Å². The number of carbonyl (C=O) groups is 2. The van der Waals surface area contributed by atoms with E-state index in [4.69, 9.17) is 9.47 Å². The number of anilines is 1. The van der Waals surface area contributed by atoms with Crippen molar-refractivity contribution in [2.24, 2.45) is 0 Å². The summed E-state index contributed by atoms with van der Waals surface area (Å²) in [6.45, 7) is 1.81. The molecule has 1 N–H and O–H groups in total. The molecule has 1 aromatic carbocycles. The Labute approximate surface area is 123 Å². The van der Waals surface area contributed by atoms with Crippen LogP contribution in [0.5, 0.6) is 5.75 Å². The Hall–Kier alpha value is -2.24. The number of benzene rings is 1. The molecule has 0 radical (unpaired) electrons. The Morgan fingerprint density at radius 2 is 2.29 bits per heavy atom. The molecule has 21 heavy (non-hydrogen) atoms. The van der Waals surface area contributed by atoms with Crippen LogP contribution in [0.1, 0.15) is 23.2 Å². The van der Waals surface area contributed by atoms with Crippen LogP contribution in [-0.4, -0.2) is 49.6 Å². The van der Waals surface area contributed by atoms with Gasteiger partial charge in [0.25, 0.3) is 5.91 Å². The number of hydrogen-bond acceptors (Lipinski definition) is 5. The molecule has 3 rings (SSSR count). The zero-order valence-electron chi connectivity index (χ0n) is 11.9. The third-order valence-corrected chi connectivity index (χ3v) is 3.90. The predicted molar refractivity (Wildman–Crippen MR) is 76.5 cm³/mol. The number of nitrogens with one attached hydrogen (secondary N) is 1. The maximum Gasteiger partial charge on any atom is 0.328 e. The van der Waals surface area contributed by atoms with E-state index >= 15 is 0 Å². The molecule has 1 aromatic rings. The lowest BCUT2D eigenvalue weighted by atomic mass is 10.1. The molecule has 1 amide bonds. The molecule has 0 bridgehead atoms. The Morgan fingerprint density at radius 1 is 1.43 bits per heavy atom. The highest BCUT2D eigenvalue weighted by Gasteiger charge is 2.36. The van der Waals surface area contributed by atoms with Crippen molar-refractivity contribution in [3.05, 3.63) is 23.8 Å². The van der Waals surface area contributed by atoms with Crippen LogP contribution >= 0.6 is 0 Å². The quantitative estimate of drug-likeness (QED) is 0.831. The molecule has 2 aliphatic rings.